The third kappa shape index (κ3) is 3.47. The molecule has 0 aliphatic carbocycles. The summed E-state index contributed by atoms with van der Waals surface area (Å²) in [7, 11) is 1.59. The van der Waals surface area contributed by atoms with Gasteiger partial charge in [-0.25, -0.2) is 0 Å². The average Bonchev–Trinajstić information content (AvgIpc) is 2.47. The van der Waals surface area contributed by atoms with Crippen LogP contribution in [0.1, 0.15) is 5.56 Å². The van der Waals surface area contributed by atoms with Crippen LogP contribution >= 0.6 is 0 Å². The molecule has 3 N–H and O–H groups in total. The first-order valence-corrected chi connectivity index (χ1v) is 6.15. The lowest BCUT2D eigenvalue weighted by molar-refractivity contribution is -0.384. The number of para-hydroxylation sites is 1. The molecule has 0 aromatic heterocycles. The van der Waals surface area contributed by atoms with Crippen LogP contribution in [-0.2, 0) is 11.3 Å². The summed E-state index contributed by atoms with van der Waals surface area (Å²) in [5.41, 5.74) is 3.18. The van der Waals surface area contributed by atoms with E-state index in [1.54, 1.807) is 31.4 Å². The van der Waals surface area contributed by atoms with E-state index in [-0.39, 0.29) is 17.1 Å². The zero-order valence-corrected chi connectivity index (χ0v) is 11.4. The molecule has 0 spiro atoms. The Morgan fingerprint density at radius 2 is 2.05 bits per heavy atom. The first kappa shape index (κ1) is 14.8. The summed E-state index contributed by atoms with van der Waals surface area (Å²) in [6.07, 6.45) is 0. The van der Waals surface area contributed by atoms with Crippen molar-refractivity contribution in [1.82, 2.24) is 0 Å². The van der Waals surface area contributed by atoms with Crippen LogP contribution in [0.4, 0.5) is 11.4 Å². The van der Waals surface area contributed by atoms with Gasteiger partial charge in [-0.3, -0.25) is 16.0 Å². The third-order valence-electron chi connectivity index (χ3n) is 2.77. The Hall–Kier alpha value is -2.64. The third-order valence-corrected chi connectivity index (χ3v) is 2.77. The van der Waals surface area contributed by atoms with E-state index in [2.05, 4.69) is 5.43 Å². The van der Waals surface area contributed by atoms with Crippen LogP contribution in [0.15, 0.2) is 42.5 Å². The molecule has 2 aromatic rings. The minimum absolute atomic E-state index is 0.116. The van der Waals surface area contributed by atoms with Gasteiger partial charge in [0.05, 0.1) is 11.5 Å². The van der Waals surface area contributed by atoms with Crippen molar-refractivity contribution in [1.29, 1.82) is 0 Å². The second kappa shape index (κ2) is 6.69. The first-order valence-electron chi connectivity index (χ1n) is 6.15. The zero-order valence-electron chi connectivity index (χ0n) is 11.4. The van der Waals surface area contributed by atoms with Gasteiger partial charge in [-0.1, -0.05) is 18.2 Å². The second-order valence-electron chi connectivity index (χ2n) is 4.24. The Bertz CT molecular complexity index is 646. The number of hydrazine groups is 1. The Morgan fingerprint density at radius 1 is 1.29 bits per heavy atom. The molecule has 0 amide bonds. The Kier molecular flexibility index (Phi) is 4.70. The number of nitro groups is 1. The predicted molar refractivity (Wildman–Crippen MR) is 78.1 cm³/mol. The summed E-state index contributed by atoms with van der Waals surface area (Å²) in [6, 6.07) is 11.8. The van der Waals surface area contributed by atoms with Gasteiger partial charge in [-0.15, -0.1) is 0 Å². The lowest BCUT2D eigenvalue weighted by Crippen LogP contribution is -2.09. The SMILES string of the molecule is COCc1cccc(Oc2cccc(NN)c2[N+](=O)[O-])c1. The molecule has 0 aliphatic rings. The van der Waals surface area contributed by atoms with E-state index < -0.39 is 4.92 Å². The van der Waals surface area contributed by atoms with Gasteiger partial charge in [0.1, 0.15) is 11.4 Å². The molecule has 0 heterocycles. The number of nitro benzene ring substituents is 1. The predicted octanol–water partition coefficient (Wildman–Crippen LogP) is 2.82. The van der Waals surface area contributed by atoms with E-state index >= 15 is 0 Å². The molecule has 0 bridgehead atoms. The molecule has 2 rings (SSSR count). The number of rotatable bonds is 6. The van der Waals surface area contributed by atoms with Gasteiger partial charge in [0, 0.05) is 7.11 Å². The number of anilines is 1. The fourth-order valence-corrected chi connectivity index (χ4v) is 1.90. The number of hydrogen-bond acceptors (Lipinski definition) is 6. The number of nitrogen functional groups attached to an aromatic ring is 1. The van der Waals surface area contributed by atoms with Crippen molar-refractivity contribution in [3.63, 3.8) is 0 Å². The Balaban J connectivity index is 2.35. The van der Waals surface area contributed by atoms with Crippen molar-refractivity contribution in [3.8, 4) is 11.5 Å². The minimum Gasteiger partial charge on any atom is -0.450 e. The number of nitrogens with one attached hydrogen (secondary N) is 1. The maximum atomic E-state index is 11.2. The number of nitrogens with zero attached hydrogens (tertiary/aromatic N) is 1. The van der Waals surface area contributed by atoms with Crippen molar-refractivity contribution in [2.45, 2.75) is 6.61 Å². The van der Waals surface area contributed by atoms with E-state index in [4.69, 9.17) is 15.3 Å². The molecule has 21 heavy (non-hydrogen) atoms. The van der Waals surface area contributed by atoms with E-state index in [1.807, 2.05) is 6.07 Å². The van der Waals surface area contributed by atoms with Crippen molar-refractivity contribution in [3.05, 3.63) is 58.1 Å². The van der Waals surface area contributed by atoms with Crippen molar-refractivity contribution in [2.24, 2.45) is 5.84 Å². The zero-order chi connectivity index (χ0) is 15.2. The Morgan fingerprint density at radius 3 is 2.71 bits per heavy atom. The number of hydrogen-bond donors (Lipinski definition) is 2. The van der Waals surface area contributed by atoms with Crippen LogP contribution in [0.25, 0.3) is 0 Å². The fourth-order valence-electron chi connectivity index (χ4n) is 1.90. The normalized spacial score (nSPS) is 10.2. The molecule has 0 saturated carbocycles. The van der Waals surface area contributed by atoms with Gasteiger partial charge in [-0.05, 0) is 29.8 Å². The molecule has 2 aromatic carbocycles. The van der Waals surface area contributed by atoms with Gasteiger partial charge in [0.2, 0.25) is 5.75 Å². The largest absolute Gasteiger partial charge is 0.450 e. The first-order chi connectivity index (χ1) is 10.2. The standard InChI is InChI=1S/C14H15N3O4/c1-20-9-10-4-2-5-11(8-10)21-13-7-3-6-12(16-15)14(13)17(18)19/h2-8,16H,9,15H2,1H3. The van der Waals surface area contributed by atoms with Crippen LogP contribution < -0.4 is 16.0 Å². The smallest absolute Gasteiger partial charge is 0.335 e. The van der Waals surface area contributed by atoms with Crippen LogP contribution in [0.3, 0.4) is 0 Å². The van der Waals surface area contributed by atoms with Crippen molar-refractivity contribution in [2.75, 3.05) is 12.5 Å². The quantitative estimate of drug-likeness (QED) is 0.482. The van der Waals surface area contributed by atoms with E-state index in [0.29, 0.717) is 12.4 Å². The summed E-state index contributed by atoms with van der Waals surface area (Å²) >= 11 is 0. The van der Waals surface area contributed by atoms with Crippen LogP contribution in [-0.4, -0.2) is 12.0 Å². The average molecular weight is 289 g/mol. The molecule has 0 saturated heterocycles. The van der Waals surface area contributed by atoms with E-state index in [0.717, 1.165) is 5.56 Å². The number of ether oxygens (including phenoxy) is 2. The van der Waals surface area contributed by atoms with Crippen LogP contribution in [0.5, 0.6) is 11.5 Å². The van der Waals surface area contributed by atoms with Crippen molar-refractivity contribution < 1.29 is 14.4 Å². The molecular formula is C14H15N3O4. The summed E-state index contributed by atoms with van der Waals surface area (Å²) in [5, 5.41) is 11.2. The molecule has 110 valence electrons. The van der Waals surface area contributed by atoms with Gasteiger partial charge in [-0.2, -0.15) is 0 Å². The molecule has 0 radical (unpaired) electrons. The topological polar surface area (TPSA) is 99.7 Å². The summed E-state index contributed by atoms with van der Waals surface area (Å²) in [4.78, 5) is 10.6. The van der Waals surface area contributed by atoms with Crippen molar-refractivity contribution >= 4 is 11.4 Å². The lowest BCUT2D eigenvalue weighted by Gasteiger charge is -2.10. The summed E-state index contributed by atoms with van der Waals surface area (Å²) < 4.78 is 10.6. The highest BCUT2D eigenvalue weighted by molar-refractivity contribution is 5.68. The monoisotopic (exact) mass is 289 g/mol. The molecule has 0 fully saturated rings. The second-order valence-corrected chi connectivity index (χ2v) is 4.24. The van der Waals surface area contributed by atoms with E-state index in [1.165, 1.54) is 12.1 Å². The molecule has 7 heteroatoms. The molecule has 7 nitrogen and oxygen atoms in total. The minimum atomic E-state index is -0.538. The number of benzene rings is 2. The highest BCUT2D eigenvalue weighted by atomic mass is 16.6. The van der Waals surface area contributed by atoms with Gasteiger partial charge >= 0.3 is 5.69 Å². The Labute approximate surface area is 121 Å². The molecule has 0 aliphatic heterocycles. The van der Waals surface area contributed by atoms with Gasteiger partial charge < -0.3 is 14.9 Å². The maximum Gasteiger partial charge on any atom is 0.335 e. The molecule has 0 unspecified atom stereocenters. The molecular weight excluding hydrogens is 274 g/mol. The summed E-state index contributed by atoms with van der Waals surface area (Å²) in [5.74, 6) is 5.89. The highest BCUT2D eigenvalue weighted by Crippen LogP contribution is 2.37. The maximum absolute atomic E-state index is 11.2. The van der Waals surface area contributed by atoms with Crippen LogP contribution in [0, 0.1) is 10.1 Å². The number of methoxy groups -OCH3 is 1. The summed E-state index contributed by atoms with van der Waals surface area (Å²) in [6.45, 7) is 0.434. The van der Waals surface area contributed by atoms with Gasteiger partial charge in [0.25, 0.3) is 0 Å². The van der Waals surface area contributed by atoms with Gasteiger partial charge in [0.15, 0.2) is 0 Å². The number of nitrogens with two attached hydrogens (primary N) is 1. The molecule has 0 atom stereocenters. The van der Waals surface area contributed by atoms with E-state index in [9.17, 15) is 10.1 Å². The lowest BCUT2D eigenvalue weighted by atomic mass is 10.2. The van der Waals surface area contributed by atoms with Crippen LogP contribution in [0.2, 0.25) is 0 Å². The highest BCUT2D eigenvalue weighted by Gasteiger charge is 2.21. The fraction of sp³-hybridized carbons (Fsp3) is 0.143.